The zero-order valence-electron chi connectivity index (χ0n) is 12.9. The van der Waals surface area contributed by atoms with Gasteiger partial charge in [-0.3, -0.25) is 4.99 Å². The van der Waals surface area contributed by atoms with E-state index in [0.29, 0.717) is 13.0 Å². The summed E-state index contributed by atoms with van der Waals surface area (Å²) in [6.45, 7) is 5.83. The van der Waals surface area contributed by atoms with E-state index in [1.165, 1.54) is 19.1 Å². The van der Waals surface area contributed by atoms with E-state index in [1.54, 1.807) is 7.05 Å². The Morgan fingerprint density at radius 1 is 1.30 bits per heavy atom. The summed E-state index contributed by atoms with van der Waals surface area (Å²) < 4.78 is 22.4. The van der Waals surface area contributed by atoms with E-state index in [1.807, 2.05) is 0 Å². The highest BCUT2D eigenvalue weighted by Gasteiger charge is 2.23. The molecule has 0 aromatic heterocycles. The molecule has 1 saturated carbocycles. The van der Waals surface area contributed by atoms with E-state index in [4.69, 9.17) is 0 Å². The van der Waals surface area contributed by atoms with Crippen molar-refractivity contribution in [2.45, 2.75) is 33.1 Å². The van der Waals surface area contributed by atoms with Crippen LogP contribution in [0.15, 0.2) is 4.99 Å². The predicted octanol–water partition coefficient (Wildman–Crippen LogP) is 1.64. The van der Waals surface area contributed by atoms with Gasteiger partial charge in [-0.05, 0) is 30.6 Å². The number of halogens is 1. The quantitative estimate of drug-likeness (QED) is 0.376. The number of guanidine groups is 1. The molecule has 7 heteroatoms. The van der Waals surface area contributed by atoms with Crippen molar-refractivity contribution >= 4 is 39.8 Å². The maximum Gasteiger partial charge on any atom is 0.191 e. The molecule has 0 bridgehead atoms. The maximum atomic E-state index is 11.2. The lowest BCUT2D eigenvalue weighted by molar-refractivity contribution is 0.348. The second-order valence-corrected chi connectivity index (χ2v) is 8.55. The molecule has 0 unspecified atom stereocenters. The monoisotopic (exact) mass is 417 g/mol. The van der Waals surface area contributed by atoms with Gasteiger partial charge < -0.3 is 10.6 Å². The summed E-state index contributed by atoms with van der Waals surface area (Å²) in [5.41, 5.74) is -0.0692. The molecule has 0 saturated heterocycles. The predicted molar refractivity (Wildman–Crippen MR) is 95.6 cm³/mol. The van der Waals surface area contributed by atoms with E-state index in [0.717, 1.165) is 18.4 Å². The number of hydrogen-bond acceptors (Lipinski definition) is 3. The molecule has 1 aliphatic carbocycles. The second-order valence-electron chi connectivity index (χ2n) is 6.29. The fourth-order valence-electron chi connectivity index (χ4n) is 1.66. The lowest BCUT2D eigenvalue weighted by Gasteiger charge is -2.25. The standard InChI is InChI=1S/C13H27N3O2S.HI/c1-13(2,7-8-19(4,17)18)10-16-12(14-3)15-9-11-5-6-11;/h11H,5-10H2,1-4H3,(H2,14,15,16);1H. The number of nitrogens with one attached hydrogen (secondary N) is 2. The third kappa shape index (κ3) is 9.79. The zero-order valence-corrected chi connectivity index (χ0v) is 16.0. The van der Waals surface area contributed by atoms with Gasteiger partial charge in [0.2, 0.25) is 0 Å². The van der Waals surface area contributed by atoms with Crippen LogP contribution in [0.25, 0.3) is 0 Å². The minimum absolute atomic E-state index is 0. The van der Waals surface area contributed by atoms with Gasteiger partial charge in [-0.1, -0.05) is 13.8 Å². The zero-order chi connectivity index (χ0) is 14.5. The fraction of sp³-hybridized carbons (Fsp3) is 0.923. The number of rotatable bonds is 7. The summed E-state index contributed by atoms with van der Waals surface area (Å²) in [6.07, 6.45) is 4.55. The molecule has 0 atom stereocenters. The molecule has 1 fully saturated rings. The van der Waals surface area contributed by atoms with Crippen molar-refractivity contribution < 1.29 is 8.42 Å². The summed E-state index contributed by atoms with van der Waals surface area (Å²) in [6, 6.07) is 0. The molecule has 0 amide bonds. The SMILES string of the molecule is CN=C(NCC1CC1)NCC(C)(C)CCS(C)(=O)=O.I. The summed E-state index contributed by atoms with van der Waals surface area (Å²) in [7, 11) is -1.13. The minimum Gasteiger partial charge on any atom is -0.356 e. The third-order valence-electron chi connectivity index (χ3n) is 3.36. The van der Waals surface area contributed by atoms with E-state index in [2.05, 4.69) is 29.5 Å². The topological polar surface area (TPSA) is 70.6 Å². The smallest absolute Gasteiger partial charge is 0.191 e. The van der Waals surface area contributed by atoms with Crippen LogP contribution >= 0.6 is 24.0 Å². The van der Waals surface area contributed by atoms with Crippen LogP contribution in [-0.2, 0) is 9.84 Å². The highest BCUT2D eigenvalue weighted by Crippen LogP contribution is 2.27. The van der Waals surface area contributed by atoms with E-state index < -0.39 is 9.84 Å². The van der Waals surface area contributed by atoms with Crippen LogP contribution in [0.4, 0.5) is 0 Å². The molecular weight excluding hydrogens is 389 g/mol. The Labute approximate surface area is 140 Å². The molecule has 120 valence electrons. The van der Waals surface area contributed by atoms with E-state index in [-0.39, 0.29) is 35.1 Å². The van der Waals surface area contributed by atoms with Gasteiger partial charge in [-0.25, -0.2) is 8.42 Å². The van der Waals surface area contributed by atoms with Gasteiger partial charge in [0.1, 0.15) is 9.84 Å². The molecule has 1 rings (SSSR count). The van der Waals surface area contributed by atoms with E-state index >= 15 is 0 Å². The van der Waals surface area contributed by atoms with Crippen molar-refractivity contribution in [3.05, 3.63) is 0 Å². The van der Waals surface area contributed by atoms with Crippen LogP contribution < -0.4 is 10.6 Å². The lowest BCUT2D eigenvalue weighted by atomic mass is 9.90. The van der Waals surface area contributed by atoms with Crippen molar-refractivity contribution in [1.29, 1.82) is 0 Å². The maximum absolute atomic E-state index is 11.2. The minimum atomic E-state index is -2.89. The van der Waals surface area contributed by atoms with Gasteiger partial charge in [-0.2, -0.15) is 0 Å². The fourth-order valence-corrected chi connectivity index (χ4v) is 2.58. The molecule has 0 radical (unpaired) electrons. The number of aliphatic imine (C=N–C) groups is 1. The van der Waals surface area contributed by atoms with Crippen LogP contribution in [0.5, 0.6) is 0 Å². The van der Waals surface area contributed by atoms with Crippen LogP contribution in [0.1, 0.15) is 33.1 Å². The largest absolute Gasteiger partial charge is 0.356 e. The second kappa shape index (κ2) is 8.41. The Hall–Kier alpha value is -0.0500. The van der Waals surface area contributed by atoms with Crippen LogP contribution in [0, 0.1) is 11.3 Å². The van der Waals surface area contributed by atoms with Crippen molar-refractivity contribution in [2.24, 2.45) is 16.3 Å². The van der Waals surface area contributed by atoms with Gasteiger partial charge >= 0.3 is 0 Å². The molecule has 0 aromatic rings. The van der Waals surface area contributed by atoms with Gasteiger partial charge in [0, 0.05) is 26.4 Å². The van der Waals surface area contributed by atoms with Crippen molar-refractivity contribution in [3.63, 3.8) is 0 Å². The Kier molecular flexibility index (Phi) is 8.39. The van der Waals surface area contributed by atoms with Gasteiger partial charge in [-0.15, -0.1) is 24.0 Å². The molecule has 0 aromatic carbocycles. The Balaban J connectivity index is 0.00000361. The van der Waals surface area contributed by atoms with Crippen LogP contribution in [-0.4, -0.2) is 46.5 Å². The van der Waals surface area contributed by atoms with Gasteiger partial charge in [0.15, 0.2) is 5.96 Å². The third-order valence-corrected chi connectivity index (χ3v) is 4.31. The number of nitrogens with zero attached hydrogens (tertiary/aromatic N) is 1. The summed E-state index contributed by atoms with van der Waals surface area (Å²) in [5, 5.41) is 6.57. The molecule has 5 nitrogen and oxygen atoms in total. The molecule has 0 heterocycles. The molecule has 1 aliphatic rings. The first-order valence-corrected chi connectivity index (χ1v) is 8.90. The Bertz CT molecular complexity index is 417. The van der Waals surface area contributed by atoms with Crippen LogP contribution in [0.2, 0.25) is 0 Å². The highest BCUT2D eigenvalue weighted by molar-refractivity contribution is 14.0. The number of sulfone groups is 1. The van der Waals surface area contributed by atoms with Crippen LogP contribution in [0.3, 0.4) is 0 Å². The molecule has 0 spiro atoms. The summed E-state index contributed by atoms with van der Waals surface area (Å²) in [4.78, 5) is 4.18. The first-order valence-electron chi connectivity index (χ1n) is 6.84. The summed E-state index contributed by atoms with van der Waals surface area (Å²) in [5.74, 6) is 1.84. The first kappa shape index (κ1) is 19.9. The van der Waals surface area contributed by atoms with E-state index in [9.17, 15) is 8.42 Å². The normalized spacial score (nSPS) is 16.5. The summed E-state index contributed by atoms with van der Waals surface area (Å²) >= 11 is 0. The molecule has 2 N–H and O–H groups in total. The van der Waals surface area contributed by atoms with Crippen molar-refractivity contribution in [1.82, 2.24) is 10.6 Å². The lowest BCUT2D eigenvalue weighted by Crippen LogP contribution is -2.43. The van der Waals surface area contributed by atoms with Crippen molar-refractivity contribution in [3.8, 4) is 0 Å². The molecule has 0 aliphatic heterocycles. The number of hydrogen-bond donors (Lipinski definition) is 2. The first-order chi connectivity index (χ1) is 8.72. The van der Waals surface area contributed by atoms with Gasteiger partial charge in [0.05, 0.1) is 5.75 Å². The van der Waals surface area contributed by atoms with Crippen molar-refractivity contribution in [2.75, 3.05) is 32.1 Å². The Morgan fingerprint density at radius 2 is 1.90 bits per heavy atom. The highest BCUT2D eigenvalue weighted by atomic mass is 127. The Morgan fingerprint density at radius 3 is 2.35 bits per heavy atom. The average Bonchev–Trinajstić information content (AvgIpc) is 3.10. The van der Waals surface area contributed by atoms with Gasteiger partial charge in [0.25, 0.3) is 0 Å². The molecular formula is C13H28IN3O2S. The molecule has 20 heavy (non-hydrogen) atoms. The average molecular weight is 417 g/mol.